The van der Waals surface area contributed by atoms with Gasteiger partial charge < -0.3 is 0 Å². The number of azide groups is 1. The van der Waals surface area contributed by atoms with Gasteiger partial charge in [-0.1, -0.05) is 34.6 Å². The molecule has 2 aromatic rings. The highest BCUT2D eigenvalue weighted by Crippen LogP contribution is 2.25. The van der Waals surface area contributed by atoms with E-state index in [-0.39, 0.29) is 23.0 Å². The van der Waals surface area contributed by atoms with Gasteiger partial charge in [0, 0.05) is 29.1 Å². The Bertz CT molecular complexity index is 788. The van der Waals surface area contributed by atoms with E-state index in [0.717, 1.165) is 0 Å². The fourth-order valence-electron chi connectivity index (χ4n) is 2.32. The van der Waals surface area contributed by atoms with Gasteiger partial charge in [-0.15, -0.1) is 5.10 Å². The Kier molecular flexibility index (Phi) is 3.21. The number of rotatable bonds is 4. The van der Waals surface area contributed by atoms with Crippen molar-refractivity contribution in [2.75, 3.05) is 6.54 Å². The number of ketones is 2. The van der Waals surface area contributed by atoms with Crippen LogP contribution < -0.4 is 0 Å². The standard InChI is InChI=1S/C13H10N6O2/c14-17-15-6-3-7-19-11-10(16-18-19)12(20)8-4-1-2-5-9(8)13(11)21/h1-2,4-5H,3,6-7H2. The SMILES string of the molecule is [N-]=[N+]=NCCCn1nnc2c1C(=O)c1ccccc1C2=O. The number of aryl methyl sites for hydroxylation is 1. The summed E-state index contributed by atoms with van der Waals surface area (Å²) in [6.07, 6.45) is 0.517. The molecule has 104 valence electrons. The van der Waals surface area contributed by atoms with Gasteiger partial charge in [-0.2, -0.15) is 0 Å². The fourth-order valence-corrected chi connectivity index (χ4v) is 2.32. The number of carbonyl (C=O) groups is 2. The van der Waals surface area contributed by atoms with Crippen molar-refractivity contribution in [1.82, 2.24) is 15.0 Å². The van der Waals surface area contributed by atoms with Crippen molar-refractivity contribution in [3.05, 3.63) is 57.2 Å². The molecule has 1 aromatic heterocycles. The maximum atomic E-state index is 12.5. The van der Waals surface area contributed by atoms with Crippen molar-refractivity contribution < 1.29 is 9.59 Å². The average Bonchev–Trinajstić information content (AvgIpc) is 2.94. The summed E-state index contributed by atoms with van der Waals surface area (Å²) >= 11 is 0. The maximum Gasteiger partial charge on any atom is 0.216 e. The van der Waals surface area contributed by atoms with E-state index in [9.17, 15) is 9.59 Å². The largest absolute Gasteiger partial charge is 0.287 e. The third-order valence-corrected chi connectivity index (χ3v) is 3.27. The molecule has 0 saturated carbocycles. The highest BCUT2D eigenvalue weighted by Gasteiger charge is 2.34. The molecule has 0 N–H and O–H groups in total. The number of hydrogen-bond acceptors (Lipinski definition) is 5. The monoisotopic (exact) mass is 282 g/mol. The van der Waals surface area contributed by atoms with E-state index >= 15 is 0 Å². The van der Waals surface area contributed by atoms with Crippen LogP contribution in [0.2, 0.25) is 0 Å². The first-order valence-electron chi connectivity index (χ1n) is 6.37. The molecule has 8 heteroatoms. The quantitative estimate of drug-likeness (QED) is 0.314. The molecule has 0 atom stereocenters. The van der Waals surface area contributed by atoms with Crippen LogP contribution in [0, 0.1) is 0 Å². The summed E-state index contributed by atoms with van der Waals surface area (Å²) in [5.41, 5.74) is 9.25. The van der Waals surface area contributed by atoms with Gasteiger partial charge in [0.25, 0.3) is 0 Å². The second kappa shape index (κ2) is 5.18. The first-order chi connectivity index (χ1) is 10.2. The Morgan fingerprint density at radius 1 is 1.19 bits per heavy atom. The Morgan fingerprint density at radius 3 is 2.62 bits per heavy atom. The van der Waals surface area contributed by atoms with Crippen molar-refractivity contribution in [2.45, 2.75) is 13.0 Å². The summed E-state index contributed by atoms with van der Waals surface area (Å²) in [6, 6.07) is 6.65. The van der Waals surface area contributed by atoms with Crippen molar-refractivity contribution in [3.8, 4) is 0 Å². The topological polar surface area (TPSA) is 114 Å². The van der Waals surface area contributed by atoms with E-state index in [4.69, 9.17) is 5.53 Å². The van der Waals surface area contributed by atoms with Gasteiger partial charge in [0.1, 0.15) is 5.69 Å². The van der Waals surface area contributed by atoms with Crippen LogP contribution in [0.1, 0.15) is 38.5 Å². The summed E-state index contributed by atoms with van der Waals surface area (Å²) in [6.45, 7) is 0.659. The Hall–Kier alpha value is -2.99. The zero-order valence-corrected chi connectivity index (χ0v) is 10.9. The van der Waals surface area contributed by atoms with Gasteiger partial charge in [-0.25, -0.2) is 4.68 Å². The van der Waals surface area contributed by atoms with Crippen molar-refractivity contribution >= 4 is 11.6 Å². The third-order valence-electron chi connectivity index (χ3n) is 3.27. The van der Waals surface area contributed by atoms with Crippen LogP contribution >= 0.6 is 0 Å². The van der Waals surface area contributed by atoms with Crippen molar-refractivity contribution in [3.63, 3.8) is 0 Å². The zero-order chi connectivity index (χ0) is 14.8. The lowest BCUT2D eigenvalue weighted by Crippen LogP contribution is -2.23. The first-order valence-corrected chi connectivity index (χ1v) is 6.37. The minimum absolute atomic E-state index is 0.0856. The molecule has 1 aliphatic carbocycles. The number of carbonyl (C=O) groups excluding carboxylic acids is 2. The molecule has 0 saturated heterocycles. The number of aromatic nitrogens is 3. The molecule has 8 nitrogen and oxygen atoms in total. The molecule has 0 spiro atoms. The van der Waals surface area contributed by atoms with Crippen LogP contribution in [0.5, 0.6) is 0 Å². The van der Waals surface area contributed by atoms with Gasteiger partial charge in [-0.3, -0.25) is 9.59 Å². The summed E-state index contributed by atoms with van der Waals surface area (Å²) < 4.78 is 1.40. The average molecular weight is 282 g/mol. The van der Waals surface area contributed by atoms with Crippen LogP contribution in [-0.4, -0.2) is 33.1 Å². The van der Waals surface area contributed by atoms with Gasteiger partial charge in [0.15, 0.2) is 5.69 Å². The molecule has 0 fully saturated rings. The fraction of sp³-hybridized carbons (Fsp3) is 0.231. The summed E-state index contributed by atoms with van der Waals surface area (Å²) in [7, 11) is 0. The van der Waals surface area contributed by atoms with Crippen LogP contribution in [-0.2, 0) is 6.54 Å². The normalized spacial score (nSPS) is 12.6. The lowest BCUT2D eigenvalue weighted by atomic mass is 9.90. The van der Waals surface area contributed by atoms with Gasteiger partial charge in [-0.05, 0) is 12.0 Å². The lowest BCUT2D eigenvalue weighted by molar-refractivity contribution is 0.0970. The highest BCUT2D eigenvalue weighted by molar-refractivity contribution is 6.26. The smallest absolute Gasteiger partial charge is 0.216 e. The number of fused-ring (bicyclic) bond motifs is 2. The molecule has 1 aromatic carbocycles. The molecule has 3 rings (SSSR count). The Labute approximate surface area is 119 Å². The molecule has 0 unspecified atom stereocenters. The Balaban J connectivity index is 1.97. The van der Waals surface area contributed by atoms with E-state index in [1.54, 1.807) is 24.3 Å². The van der Waals surface area contributed by atoms with Crippen LogP contribution in [0.3, 0.4) is 0 Å². The maximum absolute atomic E-state index is 12.5. The van der Waals surface area contributed by atoms with E-state index in [0.29, 0.717) is 30.6 Å². The van der Waals surface area contributed by atoms with E-state index in [2.05, 4.69) is 20.3 Å². The molecule has 1 heterocycles. The Morgan fingerprint density at radius 2 is 1.90 bits per heavy atom. The minimum Gasteiger partial charge on any atom is -0.287 e. The van der Waals surface area contributed by atoms with Crippen molar-refractivity contribution in [2.24, 2.45) is 5.11 Å². The molecule has 0 aliphatic heterocycles. The van der Waals surface area contributed by atoms with Crippen LogP contribution in [0.25, 0.3) is 10.4 Å². The number of nitrogens with zero attached hydrogens (tertiary/aromatic N) is 6. The second-order valence-corrected chi connectivity index (χ2v) is 4.52. The van der Waals surface area contributed by atoms with Gasteiger partial charge >= 0.3 is 0 Å². The summed E-state index contributed by atoms with van der Waals surface area (Å²) in [5, 5.41) is 11.1. The lowest BCUT2D eigenvalue weighted by Gasteiger charge is -2.14. The summed E-state index contributed by atoms with van der Waals surface area (Å²) in [4.78, 5) is 27.5. The molecular weight excluding hydrogens is 272 g/mol. The van der Waals surface area contributed by atoms with Gasteiger partial charge in [0.05, 0.1) is 0 Å². The first kappa shape index (κ1) is 13.0. The molecule has 0 amide bonds. The van der Waals surface area contributed by atoms with Gasteiger partial charge in [0.2, 0.25) is 11.6 Å². The molecule has 1 aliphatic rings. The third kappa shape index (κ3) is 2.07. The predicted molar refractivity (Wildman–Crippen MR) is 72.0 cm³/mol. The molecule has 0 bridgehead atoms. The second-order valence-electron chi connectivity index (χ2n) is 4.52. The van der Waals surface area contributed by atoms with Crippen LogP contribution in [0.15, 0.2) is 29.4 Å². The summed E-state index contributed by atoms with van der Waals surface area (Å²) in [5.74, 6) is -0.546. The minimum atomic E-state index is -0.290. The van der Waals surface area contributed by atoms with E-state index < -0.39 is 0 Å². The highest BCUT2D eigenvalue weighted by atomic mass is 16.1. The molecule has 21 heavy (non-hydrogen) atoms. The predicted octanol–water partition coefficient (Wildman–Crippen LogP) is 1.75. The number of hydrogen-bond donors (Lipinski definition) is 0. The van der Waals surface area contributed by atoms with E-state index in [1.165, 1.54) is 4.68 Å². The zero-order valence-electron chi connectivity index (χ0n) is 10.9. The molecular formula is C13H10N6O2. The van der Waals surface area contributed by atoms with E-state index in [1.807, 2.05) is 0 Å². The van der Waals surface area contributed by atoms with Crippen molar-refractivity contribution in [1.29, 1.82) is 0 Å². The molecule has 0 radical (unpaired) electrons. The van der Waals surface area contributed by atoms with Crippen LogP contribution in [0.4, 0.5) is 0 Å². The number of benzene rings is 1.